The minimum absolute atomic E-state index is 0.367. The summed E-state index contributed by atoms with van der Waals surface area (Å²) in [6.07, 6.45) is 7.50. The predicted molar refractivity (Wildman–Crippen MR) is 89.1 cm³/mol. The van der Waals surface area contributed by atoms with E-state index in [1.165, 1.54) is 32.1 Å². The van der Waals surface area contributed by atoms with E-state index in [9.17, 15) is 0 Å². The van der Waals surface area contributed by atoms with E-state index >= 15 is 0 Å². The van der Waals surface area contributed by atoms with Crippen molar-refractivity contribution in [1.29, 1.82) is 0 Å². The van der Waals surface area contributed by atoms with Gasteiger partial charge in [0.1, 0.15) is 0 Å². The minimum Gasteiger partial charge on any atom is -0.396 e. The second kappa shape index (κ2) is 17.4. The summed E-state index contributed by atoms with van der Waals surface area (Å²) in [7, 11) is 0. The third-order valence-electron chi connectivity index (χ3n) is 2.36. The Balaban J connectivity index is 0.000000273. The van der Waals surface area contributed by atoms with Gasteiger partial charge in [-0.3, -0.25) is 0 Å². The molecule has 19 heavy (non-hydrogen) atoms. The molecule has 2 aromatic rings. The van der Waals surface area contributed by atoms with Gasteiger partial charge in [-0.2, -0.15) is 22.7 Å². The van der Waals surface area contributed by atoms with Crippen molar-refractivity contribution in [3.63, 3.8) is 0 Å². The Morgan fingerprint density at radius 3 is 1.42 bits per heavy atom. The summed E-state index contributed by atoms with van der Waals surface area (Å²) in [5, 5.41) is 16.6. The monoisotopic (exact) mass is 298 g/mol. The summed E-state index contributed by atoms with van der Waals surface area (Å²) in [5.74, 6) is 0. The van der Waals surface area contributed by atoms with Crippen molar-refractivity contribution in [3.8, 4) is 0 Å². The van der Waals surface area contributed by atoms with Crippen molar-refractivity contribution in [1.82, 2.24) is 0 Å². The third kappa shape index (κ3) is 17.4. The fourth-order valence-corrected chi connectivity index (χ4v) is 2.25. The molecular weight excluding hydrogens is 272 g/mol. The number of unbranched alkanes of at least 4 members (excludes halogenated alkanes) is 5. The van der Waals surface area contributed by atoms with Gasteiger partial charge in [0.25, 0.3) is 0 Å². The molecule has 0 radical (unpaired) electrons. The van der Waals surface area contributed by atoms with Gasteiger partial charge in [-0.05, 0) is 27.9 Å². The van der Waals surface area contributed by atoms with Crippen LogP contribution in [0.3, 0.4) is 0 Å². The van der Waals surface area contributed by atoms with Crippen molar-refractivity contribution >= 4 is 22.7 Å². The molecule has 0 amide bonds. The lowest BCUT2D eigenvalue weighted by Crippen LogP contribution is -1.82. The van der Waals surface area contributed by atoms with Crippen molar-refractivity contribution in [3.05, 3.63) is 45.8 Å². The van der Waals surface area contributed by atoms with Gasteiger partial charge in [0, 0.05) is 6.61 Å². The highest BCUT2D eigenvalue weighted by Gasteiger charge is 1.86. The summed E-state index contributed by atoms with van der Waals surface area (Å²) >= 11 is 3.43. The second-order valence-electron chi connectivity index (χ2n) is 4.08. The largest absolute Gasteiger partial charge is 0.396 e. The zero-order valence-corrected chi connectivity index (χ0v) is 13.5. The lowest BCUT2D eigenvalue weighted by atomic mass is 10.1. The Bertz CT molecular complexity index is 237. The van der Waals surface area contributed by atoms with Crippen LogP contribution in [0, 0.1) is 0 Å². The van der Waals surface area contributed by atoms with Gasteiger partial charge in [-0.25, -0.2) is 0 Å². The Morgan fingerprint density at radius 1 is 0.684 bits per heavy atom. The summed E-state index contributed by atoms with van der Waals surface area (Å²) in [6, 6.07) is 8.07. The molecule has 108 valence electrons. The molecule has 0 unspecified atom stereocenters. The van der Waals surface area contributed by atoms with Crippen LogP contribution >= 0.6 is 22.7 Å². The molecule has 0 spiro atoms. The molecule has 0 aliphatic heterocycles. The van der Waals surface area contributed by atoms with Crippen LogP contribution in [0.1, 0.15) is 45.4 Å². The summed E-state index contributed by atoms with van der Waals surface area (Å²) in [4.78, 5) is 0. The zero-order valence-electron chi connectivity index (χ0n) is 11.8. The van der Waals surface area contributed by atoms with Crippen LogP contribution in [0.4, 0.5) is 0 Å². The fraction of sp³-hybridized carbons (Fsp3) is 0.500. The lowest BCUT2D eigenvalue weighted by Gasteiger charge is -1.95. The molecule has 0 fully saturated rings. The fourth-order valence-electron chi connectivity index (χ4n) is 1.35. The van der Waals surface area contributed by atoms with E-state index in [2.05, 4.69) is 6.92 Å². The number of rotatable bonds is 6. The molecule has 1 N–H and O–H groups in total. The van der Waals surface area contributed by atoms with Crippen LogP contribution in [0.25, 0.3) is 0 Å². The molecule has 3 heteroatoms. The average Bonchev–Trinajstić information content (AvgIpc) is 3.16. The maximum Gasteiger partial charge on any atom is 0.0431 e. The van der Waals surface area contributed by atoms with Crippen LogP contribution in [0.15, 0.2) is 45.8 Å². The van der Waals surface area contributed by atoms with E-state index in [1.807, 2.05) is 45.8 Å². The molecular formula is C16H26OS2. The summed E-state index contributed by atoms with van der Waals surface area (Å²) in [6.45, 7) is 2.58. The number of thiophene rings is 2. The first-order valence-electron chi connectivity index (χ1n) is 6.97. The van der Waals surface area contributed by atoms with Gasteiger partial charge in [-0.1, -0.05) is 63.3 Å². The summed E-state index contributed by atoms with van der Waals surface area (Å²) < 4.78 is 0. The van der Waals surface area contributed by atoms with Crippen LogP contribution in [0.2, 0.25) is 0 Å². The Kier molecular flexibility index (Phi) is 16.8. The number of aliphatic hydroxyl groups is 1. The average molecular weight is 299 g/mol. The molecule has 0 bridgehead atoms. The molecule has 2 aromatic heterocycles. The van der Waals surface area contributed by atoms with Gasteiger partial charge in [0.2, 0.25) is 0 Å². The standard InChI is InChI=1S/C8H18O.2C4H4S/c1-2-3-4-5-6-7-8-9;2*1-2-4-5-3-1/h9H,2-8H2,1H3;2*1-4H. The van der Waals surface area contributed by atoms with Crippen LogP contribution in [0.5, 0.6) is 0 Å². The van der Waals surface area contributed by atoms with E-state index in [0.717, 1.165) is 6.42 Å². The highest BCUT2D eigenvalue weighted by Crippen LogP contribution is 2.03. The van der Waals surface area contributed by atoms with E-state index in [4.69, 9.17) is 5.11 Å². The first-order chi connectivity index (χ1) is 9.41. The highest BCUT2D eigenvalue weighted by atomic mass is 32.1. The van der Waals surface area contributed by atoms with Crippen molar-refractivity contribution in [2.24, 2.45) is 0 Å². The Hall–Kier alpha value is -0.640. The number of hydrogen-bond donors (Lipinski definition) is 1. The normalized spacial score (nSPS) is 8.95. The molecule has 2 heterocycles. The Morgan fingerprint density at radius 2 is 1.11 bits per heavy atom. The summed E-state index contributed by atoms with van der Waals surface area (Å²) in [5.41, 5.74) is 0. The molecule has 0 aliphatic carbocycles. The topological polar surface area (TPSA) is 20.2 Å². The second-order valence-corrected chi connectivity index (χ2v) is 5.71. The Labute approximate surface area is 125 Å². The molecule has 0 saturated heterocycles. The van der Waals surface area contributed by atoms with E-state index in [1.54, 1.807) is 22.7 Å². The third-order valence-corrected chi connectivity index (χ3v) is 3.62. The predicted octanol–water partition coefficient (Wildman–Crippen LogP) is 5.84. The zero-order chi connectivity index (χ0) is 14.0. The molecule has 2 rings (SSSR count). The van der Waals surface area contributed by atoms with Crippen molar-refractivity contribution in [2.45, 2.75) is 45.4 Å². The molecule has 0 atom stereocenters. The van der Waals surface area contributed by atoms with Gasteiger partial charge in [0.05, 0.1) is 0 Å². The van der Waals surface area contributed by atoms with Gasteiger partial charge >= 0.3 is 0 Å². The molecule has 0 saturated carbocycles. The van der Waals surface area contributed by atoms with Crippen LogP contribution < -0.4 is 0 Å². The lowest BCUT2D eigenvalue weighted by molar-refractivity contribution is 0.282. The number of aliphatic hydroxyl groups excluding tert-OH is 1. The molecule has 0 aromatic carbocycles. The maximum atomic E-state index is 8.42. The highest BCUT2D eigenvalue weighted by molar-refractivity contribution is 7.08. The van der Waals surface area contributed by atoms with Crippen molar-refractivity contribution < 1.29 is 5.11 Å². The molecule has 0 aliphatic rings. The SMILES string of the molecule is CCCCCCCCO.c1ccsc1.c1ccsc1. The smallest absolute Gasteiger partial charge is 0.0431 e. The van der Waals surface area contributed by atoms with Crippen LogP contribution in [-0.2, 0) is 0 Å². The maximum absolute atomic E-state index is 8.42. The van der Waals surface area contributed by atoms with Gasteiger partial charge in [-0.15, -0.1) is 0 Å². The van der Waals surface area contributed by atoms with Crippen LogP contribution in [-0.4, -0.2) is 11.7 Å². The minimum atomic E-state index is 0.367. The molecule has 1 nitrogen and oxygen atoms in total. The first kappa shape index (κ1) is 18.4. The van der Waals surface area contributed by atoms with E-state index in [-0.39, 0.29) is 0 Å². The van der Waals surface area contributed by atoms with E-state index < -0.39 is 0 Å². The number of hydrogen-bond acceptors (Lipinski definition) is 3. The van der Waals surface area contributed by atoms with Gasteiger partial charge in [0.15, 0.2) is 0 Å². The first-order valence-corrected chi connectivity index (χ1v) is 8.85. The van der Waals surface area contributed by atoms with Gasteiger partial charge < -0.3 is 5.11 Å². The van der Waals surface area contributed by atoms with E-state index in [0.29, 0.717) is 6.61 Å². The van der Waals surface area contributed by atoms with Crippen molar-refractivity contribution in [2.75, 3.05) is 6.61 Å². The quantitative estimate of drug-likeness (QED) is 0.665.